The van der Waals surface area contributed by atoms with E-state index in [-0.39, 0.29) is 48.0 Å². The highest BCUT2D eigenvalue weighted by molar-refractivity contribution is 7.99. The molecule has 0 aromatic rings. The predicted molar refractivity (Wildman–Crippen MR) is 77.3 cm³/mol. The van der Waals surface area contributed by atoms with Gasteiger partial charge in [-0.3, -0.25) is 9.59 Å². The number of rotatable bonds is 5. The number of carbonyl (C=O) groups excluding carboxylic acids is 2. The fourth-order valence-corrected chi connectivity index (χ4v) is 3.43. The second-order valence-corrected chi connectivity index (χ2v) is 6.47. The van der Waals surface area contributed by atoms with Crippen LogP contribution in [0.4, 0.5) is 0 Å². The zero-order chi connectivity index (χ0) is 15.3. The van der Waals surface area contributed by atoms with Crippen molar-refractivity contribution in [2.75, 3.05) is 12.4 Å². The summed E-state index contributed by atoms with van der Waals surface area (Å²) in [5.41, 5.74) is -0.0545. The molecule has 5 atom stereocenters. The quantitative estimate of drug-likeness (QED) is 0.726. The van der Waals surface area contributed by atoms with Crippen molar-refractivity contribution >= 4 is 23.7 Å². The van der Waals surface area contributed by atoms with Gasteiger partial charge < -0.3 is 14.2 Å². The van der Waals surface area contributed by atoms with Crippen molar-refractivity contribution in [3.05, 3.63) is 0 Å². The Balaban J connectivity index is 2.79. The molecule has 1 fully saturated rings. The van der Waals surface area contributed by atoms with Crippen molar-refractivity contribution in [3.8, 4) is 0 Å². The molecule has 0 saturated carbocycles. The zero-order valence-electron chi connectivity index (χ0n) is 12.8. The van der Waals surface area contributed by atoms with Gasteiger partial charge in [-0.1, -0.05) is 20.8 Å². The Hall–Kier alpha value is -0.750. The molecule has 0 aliphatic carbocycles. The van der Waals surface area contributed by atoms with Gasteiger partial charge >= 0.3 is 11.9 Å². The van der Waals surface area contributed by atoms with E-state index in [1.807, 2.05) is 13.8 Å². The third kappa shape index (κ3) is 4.66. The first-order valence-corrected chi connectivity index (χ1v) is 7.99. The summed E-state index contributed by atoms with van der Waals surface area (Å²) >= 11 is 1.68. The number of hydrogen-bond acceptors (Lipinski definition) is 6. The van der Waals surface area contributed by atoms with Crippen molar-refractivity contribution in [1.29, 1.82) is 0 Å². The second-order valence-electron chi connectivity index (χ2n) is 5.09. The summed E-state index contributed by atoms with van der Waals surface area (Å²) in [4.78, 5) is 22.2. The van der Waals surface area contributed by atoms with Gasteiger partial charge in [0.1, 0.15) is 18.1 Å². The summed E-state index contributed by atoms with van der Waals surface area (Å²) in [7, 11) is 0. The molecule has 1 aliphatic heterocycles. The first kappa shape index (κ1) is 17.3. The Kier molecular flexibility index (Phi) is 6.82. The molecule has 1 heterocycles. The monoisotopic (exact) mass is 304 g/mol. The minimum absolute atomic E-state index is 0.0121. The molecule has 1 saturated heterocycles. The second kappa shape index (κ2) is 7.88. The van der Waals surface area contributed by atoms with Gasteiger partial charge in [-0.05, 0) is 5.75 Å². The maximum Gasteiger partial charge on any atom is 0.302 e. The Bertz CT molecular complexity index is 346. The van der Waals surface area contributed by atoms with Gasteiger partial charge in [0, 0.05) is 25.7 Å². The molecule has 0 radical (unpaired) electrons. The maximum atomic E-state index is 11.3. The number of thioether (sulfide) groups is 1. The number of esters is 2. The van der Waals surface area contributed by atoms with Crippen LogP contribution in [-0.2, 0) is 23.8 Å². The van der Waals surface area contributed by atoms with Crippen LogP contribution in [0.15, 0.2) is 0 Å². The molecule has 116 valence electrons. The highest BCUT2D eigenvalue weighted by atomic mass is 32.2. The van der Waals surface area contributed by atoms with E-state index in [2.05, 4.69) is 6.92 Å². The summed E-state index contributed by atoms with van der Waals surface area (Å²) in [5, 5.41) is 0. The average molecular weight is 304 g/mol. The molecule has 0 bridgehead atoms. The molecule has 0 aromatic carbocycles. The Labute approximate surface area is 124 Å². The molecule has 2 unspecified atom stereocenters. The molecule has 0 aromatic heterocycles. The van der Waals surface area contributed by atoms with E-state index in [1.54, 1.807) is 11.8 Å². The summed E-state index contributed by atoms with van der Waals surface area (Å²) in [6.07, 6.45) is -0.464. The van der Waals surface area contributed by atoms with E-state index in [0.717, 1.165) is 5.75 Å². The minimum Gasteiger partial charge on any atom is -0.463 e. The summed E-state index contributed by atoms with van der Waals surface area (Å²) in [6.45, 7) is 9.03. The summed E-state index contributed by atoms with van der Waals surface area (Å²) in [6, 6.07) is 0. The van der Waals surface area contributed by atoms with Crippen LogP contribution >= 0.6 is 11.8 Å². The first-order chi connectivity index (χ1) is 9.36. The maximum absolute atomic E-state index is 11.3. The van der Waals surface area contributed by atoms with Gasteiger partial charge in [-0.2, -0.15) is 0 Å². The predicted octanol–water partition coefficient (Wildman–Crippen LogP) is 2.23. The lowest BCUT2D eigenvalue weighted by Crippen LogP contribution is -2.51. The number of carbonyl (C=O) groups is 2. The Morgan fingerprint density at radius 1 is 1.15 bits per heavy atom. The van der Waals surface area contributed by atoms with Crippen molar-refractivity contribution in [2.45, 2.75) is 52.3 Å². The topological polar surface area (TPSA) is 61.8 Å². The Morgan fingerprint density at radius 2 is 1.80 bits per heavy atom. The lowest BCUT2D eigenvalue weighted by Gasteiger charge is -2.43. The van der Waals surface area contributed by atoms with E-state index in [1.165, 1.54) is 13.8 Å². The normalized spacial score (nSPS) is 33.5. The van der Waals surface area contributed by atoms with Crippen LogP contribution < -0.4 is 0 Å². The first-order valence-electron chi connectivity index (χ1n) is 6.94. The molecular weight excluding hydrogens is 280 g/mol. The van der Waals surface area contributed by atoms with E-state index in [4.69, 9.17) is 14.2 Å². The SMILES string of the molecule is CCS[C@@H]1OC(COC(C)=O)[C@H](C)[C@H](OC(C)=O)C1C. The van der Waals surface area contributed by atoms with E-state index in [9.17, 15) is 9.59 Å². The summed E-state index contributed by atoms with van der Waals surface area (Å²) in [5.74, 6) is 0.385. The van der Waals surface area contributed by atoms with Crippen LogP contribution in [0.3, 0.4) is 0 Å². The lowest BCUT2D eigenvalue weighted by molar-refractivity contribution is -0.185. The van der Waals surface area contributed by atoms with E-state index < -0.39 is 0 Å². The van der Waals surface area contributed by atoms with Crippen LogP contribution in [0.25, 0.3) is 0 Å². The largest absolute Gasteiger partial charge is 0.463 e. The molecule has 5 nitrogen and oxygen atoms in total. The smallest absolute Gasteiger partial charge is 0.302 e. The standard InChI is InChI=1S/C14H24O5S/c1-6-20-14-9(3)13(18-11(5)16)8(2)12(19-14)7-17-10(4)15/h8-9,12-14H,6-7H2,1-5H3/t8-,9?,12?,13-,14-/m0/s1. The van der Waals surface area contributed by atoms with Crippen LogP contribution in [0.1, 0.15) is 34.6 Å². The molecule has 20 heavy (non-hydrogen) atoms. The molecule has 6 heteroatoms. The van der Waals surface area contributed by atoms with Gasteiger partial charge in [0.2, 0.25) is 0 Å². The van der Waals surface area contributed by atoms with Crippen molar-refractivity contribution < 1.29 is 23.8 Å². The molecule has 1 aliphatic rings. The number of hydrogen-bond donors (Lipinski definition) is 0. The van der Waals surface area contributed by atoms with Crippen molar-refractivity contribution in [2.24, 2.45) is 11.8 Å². The van der Waals surface area contributed by atoms with E-state index in [0.29, 0.717) is 0 Å². The molecule has 0 spiro atoms. The number of ether oxygens (including phenoxy) is 3. The highest BCUT2D eigenvalue weighted by Gasteiger charge is 2.43. The van der Waals surface area contributed by atoms with Crippen LogP contribution in [0.5, 0.6) is 0 Å². The van der Waals surface area contributed by atoms with Gasteiger partial charge in [0.05, 0.1) is 6.10 Å². The van der Waals surface area contributed by atoms with Crippen molar-refractivity contribution in [3.63, 3.8) is 0 Å². The lowest BCUT2D eigenvalue weighted by atomic mass is 9.86. The van der Waals surface area contributed by atoms with Crippen LogP contribution in [0, 0.1) is 11.8 Å². The molecule has 0 N–H and O–H groups in total. The molecular formula is C14H24O5S. The third-order valence-electron chi connectivity index (χ3n) is 3.44. The van der Waals surface area contributed by atoms with Crippen molar-refractivity contribution in [1.82, 2.24) is 0 Å². The van der Waals surface area contributed by atoms with Crippen LogP contribution in [-0.4, -0.2) is 41.9 Å². The third-order valence-corrected chi connectivity index (χ3v) is 4.65. The highest BCUT2D eigenvalue weighted by Crippen LogP contribution is 2.37. The van der Waals surface area contributed by atoms with E-state index >= 15 is 0 Å². The Morgan fingerprint density at radius 3 is 2.30 bits per heavy atom. The molecule has 0 amide bonds. The van der Waals surface area contributed by atoms with Gasteiger partial charge in [-0.15, -0.1) is 11.8 Å². The van der Waals surface area contributed by atoms with Gasteiger partial charge in [0.15, 0.2) is 0 Å². The fraction of sp³-hybridized carbons (Fsp3) is 0.857. The summed E-state index contributed by atoms with van der Waals surface area (Å²) < 4.78 is 16.5. The minimum atomic E-state index is -0.330. The van der Waals surface area contributed by atoms with Gasteiger partial charge in [0.25, 0.3) is 0 Å². The van der Waals surface area contributed by atoms with Gasteiger partial charge in [-0.25, -0.2) is 0 Å². The zero-order valence-corrected chi connectivity index (χ0v) is 13.6. The molecule has 1 rings (SSSR count). The average Bonchev–Trinajstić information content (AvgIpc) is 2.36. The fourth-order valence-electron chi connectivity index (χ4n) is 2.42. The van der Waals surface area contributed by atoms with Crippen LogP contribution in [0.2, 0.25) is 0 Å².